The highest BCUT2D eigenvalue weighted by molar-refractivity contribution is 6.03. The van der Waals surface area contributed by atoms with Crippen LogP contribution < -0.4 is 0 Å². The molecule has 2 unspecified atom stereocenters. The van der Waals surface area contributed by atoms with Crippen LogP contribution in [0.5, 0.6) is 0 Å². The van der Waals surface area contributed by atoms with Gasteiger partial charge in [-0.15, -0.1) is 0 Å². The van der Waals surface area contributed by atoms with Crippen molar-refractivity contribution in [3.05, 3.63) is 59.7 Å². The van der Waals surface area contributed by atoms with Gasteiger partial charge in [0.05, 0.1) is 11.1 Å². The van der Waals surface area contributed by atoms with Crippen LogP contribution in [0.15, 0.2) is 48.6 Å². The SMILES string of the molecule is CCCCCCCCC=CCCCCCCCCC(CCCCCCCCCCCCCCC)OC(=O)c1ccccc1C(=O)OC(CCCCCCCCC=CCCCCCCCC)CCCCCCCCCCCCCCC. The van der Waals surface area contributed by atoms with Crippen molar-refractivity contribution < 1.29 is 19.1 Å². The van der Waals surface area contributed by atoms with Crippen molar-refractivity contribution in [2.45, 2.75) is 412 Å². The third-order valence-electron chi connectivity index (χ3n) is 17.2. The zero-order valence-corrected chi connectivity index (χ0v) is 54.4. The maximum absolute atomic E-state index is 14.2. The highest BCUT2D eigenvalue weighted by atomic mass is 16.5. The number of rotatable bonds is 64. The van der Waals surface area contributed by atoms with E-state index in [4.69, 9.17) is 9.47 Å². The van der Waals surface area contributed by atoms with Crippen LogP contribution in [-0.2, 0) is 9.47 Å². The van der Waals surface area contributed by atoms with Gasteiger partial charge in [0, 0.05) is 0 Å². The summed E-state index contributed by atoms with van der Waals surface area (Å²) >= 11 is 0. The molecule has 0 spiro atoms. The summed E-state index contributed by atoms with van der Waals surface area (Å²) in [6.45, 7) is 9.17. The molecule has 1 aromatic rings. The van der Waals surface area contributed by atoms with Gasteiger partial charge in [-0.3, -0.25) is 0 Å². The molecule has 0 amide bonds. The van der Waals surface area contributed by atoms with Gasteiger partial charge >= 0.3 is 11.9 Å². The molecule has 0 saturated carbocycles. The lowest BCUT2D eigenvalue weighted by Crippen LogP contribution is -2.23. The molecule has 0 heterocycles. The summed E-state index contributed by atoms with van der Waals surface area (Å²) in [5, 5.41) is 0. The molecular weight excluding hydrogens is 977 g/mol. The van der Waals surface area contributed by atoms with Gasteiger partial charge in [0.2, 0.25) is 0 Å². The normalized spacial score (nSPS) is 12.6. The average Bonchev–Trinajstić information content (AvgIpc) is 3.47. The highest BCUT2D eigenvalue weighted by Gasteiger charge is 2.24. The number of hydrogen-bond donors (Lipinski definition) is 0. The summed E-state index contributed by atoms with van der Waals surface area (Å²) in [5.41, 5.74) is 0.733. The van der Waals surface area contributed by atoms with Gasteiger partial charge in [-0.25, -0.2) is 9.59 Å². The van der Waals surface area contributed by atoms with Gasteiger partial charge in [-0.05, 0) is 115 Å². The molecule has 4 heteroatoms. The molecule has 0 radical (unpaired) electrons. The lowest BCUT2D eigenvalue weighted by Gasteiger charge is -2.21. The monoisotopic (exact) mass is 1120 g/mol. The number of carbonyl (C=O) groups is 2. The first-order chi connectivity index (χ1) is 39.6. The van der Waals surface area contributed by atoms with Crippen molar-refractivity contribution in [2.24, 2.45) is 0 Å². The minimum absolute atomic E-state index is 0.120. The fourth-order valence-corrected chi connectivity index (χ4v) is 11.8. The van der Waals surface area contributed by atoms with Gasteiger partial charge in [-0.1, -0.05) is 334 Å². The minimum atomic E-state index is -0.358. The van der Waals surface area contributed by atoms with Gasteiger partial charge in [0.1, 0.15) is 12.2 Å². The molecule has 0 aliphatic rings. The molecular formula is C76H138O4. The van der Waals surface area contributed by atoms with Crippen LogP contribution in [0, 0.1) is 0 Å². The number of carbonyl (C=O) groups excluding carboxylic acids is 2. The number of benzene rings is 1. The van der Waals surface area contributed by atoms with E-state index in [1.54, 1.807) is 12.1 Å². The third kappa shape index (κ3) is 51.3. The number of ether oxygens (including phenoxy) is 2. The molecule has 0 aromatic heterocycles. The van der Waals surface area contributed by atoms with Crippen molar-refractivity contribution in [2.75, 3.05) is 0 Å². The van der Waals surface area contributed by atoms with E-state index >= 15 is 0 Å². The molecule has 0 N–H and O–H groups in total. The Labute approximate surface area is 500 Å². The van der Waals surface area contributed by atoms with E-state index in [2.05, 4.69) is 52.0 Å². The summed E-state index contributed by atoms with van der Waals surface area (Å²) in [6, 6.07) is 7.33. The van der Waals surface area contributed by atoms with Gasteiger partial charge in [0.25, 0.3) is 0 Å². The summed E-state index contributed by atoms with van der Waals surface area (Å²) in [6.07, 6.45) is 83.6. The number of unbranched alkanes of at least 4 members (excludes halogenated alkanes) is 48. The number of esters is 2. The van der Waals surface area contributed by atoms with E-state index < -0.39 is 0 Å². The first-order valence-corrected chi connectivity index (χ1v) is 36.4. The Morgan fingerprint density at radius 1 is 0.275 bits per heavy atom. The van der Waals surface area contributed by atoms with Crippen molar-refractivity contribution in [1.82, 2.24) is 0 Å². The van der Waals surface area contributed by atoms with Gasteiger partial charge < -0.3 is 9.47 Å². The minimum Gasteiger partial charge on any atom is -0.459 e. The second-order valence-electron chi connectivity index (χ2n) is 25.1. The molecule has 80 heavy (non-hydrogen) atoms. The average molecular weight is 1120 g/mol. The first kappa shape index (κ1) is 75.7. The predicted octanol–water partition coefficient (Wildman–Crippen LogP) is 26.6. The van der Waals surface area contributed by atoms with E-state index in [1.807, 2.05) is 12.1 Å². The molecule has 0 saturated heterocycles. The van der Waals surface area contributed by atoms with Crippen LogP contribution in [0.4, 0.5) is 0 Å². The standard InChI is InChI=1S/C76H138O4/c1-5-9-13-17-21-25-29-33-35-37-41-45-49-53-57-61-67-71(65-59-55-51-47-43-39-31-27-23-19-15-11-7-3)79-75(77)73-69-63-64-70-74(73)76(78)80-72(66-60-56-52-48-44-40-32-28-24-20-16-12-8-4)68-62-58-54-50-46-42-38-36-34-30-26-22-18-14-10-6-2/h33-36,63-64,69-72H,5-32,37-62,65-68H2,1-4H3. The van der Waals surface area contributed by atoms with Gasteiger partial charge in [0.15, 0.2) is 0 Å². The van der Waals surface area contributed by atoms with E-state index in [1.165, 1.54) is 321 Å². The van der Waals surface area contributed by atoms with Crippen LogP contribution >= 0.6 is 0 Å². The van der Waals surface area contributed by atoms with E-state index in [0.29, 0.717) is 11.1 Å². The zero-order valence-electron chi connectivity index (χ0n) is 54.4. The van der Waals surface area contributed by atoms with E-state index in [0.717, 1.165) is 51.4 Å². The van der Waals surface area contributed by atoms with Crippen LogP contribution in [0.1, 0.15) is 421 Å². The maximum Gasteiger partial charge on any atom is 0.339 e. The second-order valence-corrected chi connectivity index (χ2v) is 25.1. The molecule has 466 valence electrons. The lowest BCUT2D eigenvalue weighted by atomic mass is 10.0. The summed E-state index contributed by atoms with van der Waals surface area (Å²) in [5.74, 6) is -0.716. The highest BCUT2D eigenvalue weighted by Crippen LogP contribution is 2.24. The van der Waals surface area contributed by atoms with Gasteiger partial charge in [-0.2, -0.15) is 0 Å². The Morgan fingerprint density at radius 3 is 0.650 bits per heavy atom. The molecule has 2 atom stereocenters. The fourth-order valence-electron chi connectivity index (χ4n) is 11.8. The number of hydrogen-bond acceptors (Lipinski definition) is 4. The Kier molecular flexibility index (Phi) is 59.3. The zero-order chi connectivity index (χ0) is 57.5. The molecule has 1 aromatic carbocycles. The molecule has 0 bridgehead atoms. The van der Waals surface area contributed by atoms with Crippen molar-refractivity contribution in [3.63, 3.8) is 0 Å². The third-order valence-corrected chi connectivity index (χ3v) is 17.2. The Morgan fingerprint density at radius 2 is 0.450 bits per heavy atom. The van der Waals surface area contributed by atoms with Crippen LogP contribution in [0.2, 0.25) is 0 Å². The Hall–Kier alpha value is -2.36. The van der Waals surface area contributed by atoms with Crippen molar-refractivity contribution in [3.8, 4) is 0 Å². The molecule has 0 fully saturated rings. The quantitative estimate of drug-likeness (QED) is 0.0371. The smallest absolute Gasteiger partial charge is 0.339 e. The number of allylic oxidation sites excluding steroid dienone is 4. The predicted molar refractivity (Wildman–Crippen MR) is 354 cm³/mol. The largest absolute Gasteiger partial charge is 0.459 e. The van der Waals surface area contributed by atoms with Crippen molar-refractivity contribution in [1.29, 1.82) is 0 Å². The van der Waals surface area contributed by atoms with Crippen molar-refractivity contribution >= 4 is 11.9 Å². The molecule has 4 nitrogen and oxygen atoms in total. The summed E-state index contributed by atoms with van der Waals surface area (Å²) in [7, 11) is 0. The van der Waals surface area contributed by atoms with Crippen LogP contribution in [0.3, 0.4) is 0 Å². The fraction of sp³-hybridized carbons (Fsp3) is 0.842. The molecule has 1 rings (SSSR count). The Balaban J connectivity index is 2.79. The maximum atomic E-state index is 14.2. The van der Waals surface area contributed by atoms with E-state index in [-0.39, 0.29) is 24.1 Å². The first-order valence-electron chi connectivity index (χ1n) is 36.4. The summed E-state index contributed by atoms with van der Waals surface area (Å²) < 4.78 is 12.8. The second kappa shape index (κ2) is 62.7. The van der Waals surface area contributed by atoms with Crippen LogP contribution in [-0.4, -0.2) is 24.1 Å². The molecule has 0 aliphatic carbocycles. The lowest BCUT2D eigenvalue weighted by molar-refractivity contribution is 0.0201. The van der Waals surface area contributed by atoms with Crippen LogP contribution in [0.25, 0.3) is 0 Å². The molecule has 0 aliphatic heterocycles. The topological polar surface area (TPSA) is 52.6 Å². The van der Waals surface area contributed by atoms with E-state index in [9.17, 15) is 9.59 Å². The summed E-state index contributed by atoms with van der Waals surface area (Å²) in [4.78, 5) is 28.4. The Bertz CT molecular complexity index is 1370.